The molecule has 1 unspecified atom stereocenters. The molecule has 0 radical (unpaired) electrons. The summed E-state index contributed by atoms with van der Waals surface area (Å²) in [5.74, 6) is 0.393. The van der Waals surface area contributed by atoms with E-state index >= 15 is 0 Å². The molecule has 0 fully saturated rings. The topological polar surface area (TPSA) is 58.6 Å². The Balaban J connectivity index is 1.86. The number of rotatable bonds is 6. The van der Waals surface area contributed by atoms with Crippen molar-refractivity contribution in [1.82, 2.24) is 0 Å². The van der Waals surface area contributed by atoms with E-state index in [0.29, 0.717) is 12.2 Å². The first-order chi connectivity index (χ1) is 10.6. The normalized spacial score (nSPS) is 11.8. The first-order valence-corrected chi connectivity index (χ1v) is 8.12. The van der Waals surface area contributed by atoms with Crippen molar-refractivity contribution in [3.05, 3.63) is 57.7 Å². The average Bonchev–Trinajstić information content (AvgIpc) is 2.52. The minimum atomic E-state index is -0.460. The van der Waals surface area contributed by atoms with Gasteiger partial charge in [-0.3, -0.25) is 4.79 Å². The van der Waals surface area contributed by atoms with Crippen molar-refractivity contribution in [2.45, 2.75) is 19.4 Å². The van der Waals surface area contributed by atoms with Gasteiger partial charge in [-0.1, -0.05) is 25.1 Å². The van der Waals surface area contributed by atoms with Crippen LogP contribution in [0.5, 0.6) is 5.75 Å². The van der Waals surface area contributed by atoms with Crippen molar-refractivity contribution in [3.63, 3.8) is 0 Å². The molecule has 2 aromatic carbocycles. The Morgan fingerprint density at radius 1 is 1.27 bits per heavy atom. The van der Waals surface area contributed by atoms with Gasteiger partial charge in [-0.05, 0) is 64.9 Å². The Kier molecular flexibility index (Phi) is 6.21. The molecule has 4 nitrogen and oxygen atoms in total. The second-order valence-corrected chi connectivity index (χ2v) is 6.09. The lowest BCUT2D eigenvalue weighted by atomic mass is 10.1. The van der Waals surface area contributed by atoms with E-state index in [-0.39, 0.29) is 12.5 Å². The molecule has 0 aliphatic rings. The second kappa shape index (κ2) is 8.14. The molecule has 116 valence electrons. The number of anilines is 1. The number of carbonyl (C=O) groups excluding carboxylic acids is 1. The summed E-state index contributed by atoms with van der Waals surface area (Å²) in [7, 11) is 0. The summed E-state index contributed by atoms with van der Waals surface area (Å²) < 4.78 is 6.50. The van der Waals surface area contributed by atoms with Gasteiger partial charge in [0.05, 0.1) is 6.10 Å². The SMILES string of the molecule is CCC(O)c1ccc(OCC(=O)Nc2cccc(I)c2)cc1. The number of aliphatic hydroxyl groups is 1. The van der Waals surface area contributed by atoms with Gasteiger partial charge < -0.3 is 15.2 Å². The van der Waals surface area contributed by atoms with E-state index < -0.39 is 6.10 Å². The van der Waals surface area contributed by atoms with Crippen LogP contribution < -0.4 is 10.1 Å². The van der Waals surface area contributed by atoms with Gasteiger partial charge in [0.15, 0.2) is 6.61 Å². The molecule has 2 N–H and O–H groups in total. The largest absolute Gasteiger partial charge is 0.484 e. The summed E-state index contributed by atoms with van der Waals surface area (Å²) in [5, 5.41) is 12.5. The summed E-state index contributed by atoms with van der Waals surface area (Å²) in [5.41, 5.74) is 1.60. The monoisotopic (exact) mass is 411 g/mol. The number of nitrogens with one attached hydrogen (secondary N) is 1. The van der Waals surface area contributed by atoms with Crippen LogP contribution in [0.15, 0.2) is 48.5 Å². The lowest BCUT2D eigenvalue weighted by molar-refractivity contribution is -0.118. The minimum absolute atomic E-state index is 0.0544. The Labute approximate surface area is 143 Å². The molecule has 1 amide bonds. The number of hydrogen-bond acceptors (Lipinski definition) is 3. The van der Waals surface area contributed by atoms with Gasteiger partial charge in [-0.2, -0.15) is 0 Å². The van der Waals surface area contributed by atoms with Gasteiger partial charge in [-0.15, -0.1) is 0 Å². The molecule has 0 bridgehead atoms. The maximum absolute atomic E-state index is 11.8. The molecule has 2 aromatic rings. The maximum Gasteiger partial charge on any atom is 0.262 e. The van der Waals surface area contributed by atoms with Crippen LogP contribution in [0.25, 0.3) is 0 Å². The molecule has 0 saturated carbocycles. The zero-order valence-electron chi connectivity index (χ0n) is 12.3. The van der Waals surface area contributed by atoms with Crippen LogP contribution in [0, 0.1) is 3.57 Å². The number of ether oxygens (including phenoxy) is 1. The first kappa shape index (κ1) is 16.8. The fourth-order valence-electron chi connectivity index (χ4n) is 1.93. The lowest BCUT2D eigenvalue weighted by Gasteiger charge is -2.10. The Morgan fingerprint density at radius 3 is 2.64 bits per heavy atom. The van der Waals surface area contributed by atoms with Gasteiger partial charge in [0.1, 0.15) is 5.75 Å². The van der Waals surface area contributed by atoms with Crippen LogP contribution >= 0.6 is 22.6 Å². The highest BCUT2D eigenvalue weighted by Crippen LogP contribution is 2.20. The fraction of sp³-hybridized carbons (Fsp3) is 0.235. The number of halogens is 1. The third-order valence-electron chi connectivity index (χ3n) is 3.13. The number of aliphatic hydroxyl groups excluding tert-OH is 1. The van der Waals surface area contributed by atoms with Crippen molar-refractivity contribution in [1.29, 1.82) is 0 Å². The third-order valence-corrected chi connectivity index (χ3v) is 3.80. The van der Waals surface area contributed by atoms with Gasteiger partial charge >= 0.3 is 0 Å². The fourth-order valence-corrected chi connectivity index (χ4v) is 2.48. The highest BCUT2D eigenvalue weighted by molar-refractivity contribution is 14.1. The van der Waals surface area contributed by atoms with Crippen LogP contribution in [0.3, 0.4) is 0 Å². The summed E-state index contributed by atoms with van der Waals surface area (Å²) >= 11 is 2.19. The van der Waals surface area contributed by atoms with E-state index in [1.807, 2.05) is 31.2 Å². The second-order valence-electron chi connectivity index (χ2n) is 4.84. The first-order valence-electron chi connectivity index (χ1n) is 7.04. The van der Waals surface area contributed by atoms with Gasteiger partial charge in [0.2, 0.25) is 0 Å². The molecule has 0 spiro atoms. The van der Waals surface area contributed by atoms with Crippen molar-refractivity contribution in [2.75, 3.05) is 11.9 Å². The Morgan fingerprint density at radius 2 is 2.00 bits per heavy atom. The van der Waals surface area contributed by atoms with Crippen LogP contribution in [0.2, 0.25) is 0 Å². The molecule has 2 rings (SSSR count). The zero-order chi connectivity index (χ0) is 15.9. The smallest absolute Gasteiger partial charge is 0.262 e. The summed E-state index contributed by atoms with van der Waals surface area (Å²) in [6, 6.07) is 14.7. The summed E-state index contributed by atoms with van der Waals surface area (Å²) in [6.07, 6.45) is 0.205. The van der Waals surface area contributed by atoms with Gasteiger partial charge in [0, 0.05) is 9.26 Å². The molecular weight excluding hydrogens is 393 g/mol. The van der Waals surface area contributed by atoms with Crippen LogP contribution in [-0.2, 0) is 4.79 Å². The predicted molar refractivity (Wildman–Crippen MR) is 95.0 cm³/mol. The Hall–Kier alpha value is -1.60. The van der Waals surface area contributed by atoms with E-state index in [4.69, 9.17) is 4.74 Å². The zero-order valence-corrected chi connectivity index (χ0v) is 14.4. The minimum Gasteiger partial charge on any atom is -0.484 e. The van der Waals surface area contributed by atoms with E-state index in [2.05, 4.69) is 27.9 Å². The predicted octanol–water partition coefficient (Wildman–Crippen LogP) is 3.75. The van der Waals surface area contributed by atoms with E-state index in [9.17, 15) is 9.90 Å². The van der Waals surface area contributed by atoms with E-state index in [1.54, 1.807) is 24.3 Å². The van der Waals surface area contributed by atoms with Crippen molar-refractivity contribution in [2.24, 2.45) is 0 Å². The number of benzene rings is 2. The lowest BCUT2D eigenvalue weighted by Crippen LogP contribution is -2.20. The molecule has 0 aliphatic heterocycles. The number of hydrogen-bond donors (Lipinski definition) is 2. The molecule has 22 heavy (non-hydrogen) atoms. The van der Waals surface area contributed by atoms with E-state index in [0.717, 1.165) is 14.8 Å². The van der Waals surface area contributed by atoms with Crippen molar-refractivity contribution >= 4 is 34.2 Å². The Bertz CT molecular complexity index is 628. The van der Waals surface area contributed by atoms with Gasteiger partial charge in [0.25, 0.3) is 5.91 Å². The van der Waals surface area contributed by atoms with Crippen molar-refractivity contribution in [3.8, 4) is 5.75 Å². The molecule has 0 aromatic heterocycles. The molecule has 5 heteroatoms. The van der Waals surface area contributed by atoms with Crippen LogP contribution in [-0.4, -0.2) is 17.6 Å². The summed E-state index contributed by atoms with van der Waals surface area (Å²) in [4.78, 5) is 11.8. The quantitative estimate of drug-likeness (QED) is 0.712. The molecule has 0 heterocycles. The van der Waals surface area contributed by atoms with Crippen LogP contribution in [0.4, 0.5) is 5.69 Å². The standard InChI is InChI=1S/C17H18INO3/c1-2-16(20)12-6-8-15(9-7-12)22-11-17(21)19-14-5-3-4-13(18)10-14/h3-10,16,20H,2,11H2,1H3,(H,19,21). The third kappa shape index (κ3) is 4.99. The molecular formula is C17H18INO3. The molecule has 0 saturated heterocycles. The summed E-state index contributed by atoms with van der Waals surface area (Å²) in [6.45, 7) is 1.87. The van der Waals surface area contributed by atoms with Gasteiger partial charge in [-0.25, -0.2) is 0 Å². The molecule has 1 atom stereocenters. The molecule has 0 aliphatic carbocycles. The van der Waals surface area contributed by atoms with E-state index in [1.165, 1.54) is 0 Å². The average molecular weight is 411 g/mol. The highest BCUT2D eigenvalue weighted by Gasteiger charge is 2.06. The highest BCUT2D eigenvalue weighted by atomic mass is 127. The number of amides is 1. The van der Waals surface area contributed by atoms with Crippen molar-refractivity contribution < 1.29 is 14.6 Å². The maximum atomic E-state index is 11.8. The van der Waals surface area contributed by atoms with Crippen LogP contribution in [0.1, 0.15) is 25.0 Å². The number of carbonyl (C=O) groups is 1.